The van der Waals surface area contributed by atoms with Gasteiger partial charge < -0.3 is 19.5 Å². The number of rotatable bonds is 7. The number of carbonyl (C=O) groups is 2. The molecular weight excluding hydrogens is 516 g/mol. The van der Waals surface area contributed by atoms with Crippen LogP contribution in [0.2, 0.25) is 0 Å². The Labute approximate surface area is 232 Å². The molecule has 2 aliphatic rings. The number of carbonyl (C=O) groups excluding carboxylic acids is 2. The van der Waals surface area contributed by atoms with Gasteiger partial charge in [0.15, 0.2) is 11.5 Å². The van der Waals surface area contributed by atoms with Gasteiger partial charge in [0.25, 0.3) is 0 Å². The van der Waals surface area contributed by atoms with E-state index < -0.39 is 0 Å². The van der Waals surface area contributed by atoms with Crippen LogP contribution in [0.1, 0.15) is 56.2 Å². The summed E-state index contributed by atoms with van der Waals surface area (Å²) in [5.74, 6) is 2.56. The molecule has 206 valence electrons. The van der Waals surface area contributed by atoms with Gasteiger partial charge in [0.05, 0.1) is 29.5 Å². The van der Waals surface area contributed by atoms with Crippen LogP contribution >= 0.6 is 11.8 Å². The number of fused-ring (bicyclic) bond motifs is 2. The maximum Gasteiger partial charge on any atom is 0.240 e. The Morgan fingerprint density at radius 2 is 1.90 bits per heavy atom. The minimum Gasteiger partial charge on any atom is -0.497 e. The predicted octanol–water partition coefficient (Wildman–Crippen LogP) is 4.60. The Morgan fingerprint density at radius 3 is 2.59 bits per heavy atom. The maximum atomic E-state index is 13.7. The van der Waals surface area contributed by atoms with E-state index in [-0.39, 0.29) is 41.6 Å². The highest BCUT2D eigenvalue weighted by Gasteiger charge is 2.40. The molecule has 10 heteroatoms. The molecule has 1 aromatic heterocycles. The molecule has 0 spiro atoms. The number of amides is 2. The number of benzene rings is 2. The average molecular weight is 551 g/mol. The summed E-state index contributed by atoms with van der Waals surface area (Å²) in [6.07, 6.45) is 0.810. The SMILES string of the molecule is CCCNC(=O)CN1C(=O)CS[C@@H](c2ccc3c(c2)OCO3)c2c(C(C)(C)C)nn(-c3ccc(OC)cc3)c21. The molecule has 39 heavy (non-hydrogen) atoms. The minimum atomic E-state index is -0.347. The number of nitrogens with zero attached hydrogens (tertiary/aromatic N) is 3. The van der Waals surface area contributed by atoms with Crippen LogP contribution in [0.25, 0.3) is 5.69 Å². The van der Waals surface area contributed by atoms with Gasteiger partial charge in [0.2, 0.25) is 18.6 Å². The highest BCUT2D eigenvalue weighted by Crippen LogP contribution is 2.49. The van der Waals surface area contributed by atoms with E-state index in [1.165, 1.54) is 11.8 Å². The van der Waals surface area contributed by atoms with Crippen molar-refractivity contribution in [3.05, 3.63) is 59.3 Å². The Kier molecular flexibility index (Phi) is 7.48. The number of nitrogens with one attached hydrogen (secondary N) is 1. The van der Waals surface area contributed by atoms with Gasteiger partial charge in [-0.25, -0.2) is 4.68 Å². The average Bonchev–Trinajstić information content (AvgIpc) is 3.52. The number of ether oxygens (including phenoxy) is 3. The van der Waals surface area contributed by atoms with Gasteiger partial charge in [-0.1, -0.05) is 33.8 Å². The van der Waals surface area contributed by atoms with Crippen LogP contribution < -0.4 is 24.4 Å². The second-order valence-electron chi connectivity index (χ2n) is 10.6. The third-order valence-corrected chi connectivity index (χ3v) is 7.94. The van der Waals surface area contributed by atoms with E-state index in [4.69, 9.17) is 19.3 Å². The Balaban J connectivity index is 1.73. The fourth-order valence-corrected chi connectivity index (χ4v) is 5.97. The van der Waals surface area contributed by atoms with E-state index in [0.29, 0.717) is 29.6 Å². The molecule has 1 atom stereocenters. The van der Waals surface area contributed by atoms with Gasteiger partial charge in [-0.15, -0.1) is 11.8 Å². The molecule has 0 bridgehead atoms. The smallest absolute Gasteiger partial charge is 0.240 e. The summed E-state index contributed by atoms with van der Waals surface area (Å²) in [5, 5.41) is 7.81. The van der Waals surface area contributed by atoms with Crippen molar-refractivity contribution < 1.29 is 23.8 Å². The second-order valence-corrected chi connectivity index (χ2v) is 11.7. The van der Waals surface area contributed by atoms with Crippen LogP contribution in [0.15, 0.2) is 42.5 Å². The maximum absolute atomic E-state index is 13.7. The van der Waals surface area contributed by atoms with Gasteiger partial charge in [-0.05, 0) is 48.4 Å². The van der Waals surface area contributed by atoms with Crippen molar-refractivity contribution in [2.24, 2.45) is 0 Å². The van der Waals surface area contributed by atoms with E-state index in [1.807, 2.05) is 49.4 Å². The van der Waals surface area contributed by atoms with Gasteiger partial charge in [0, 0.05) is 17.5 Å². The summed E-state index contributed by atoms with van der Waals surface area (Å²) in [7, 11) is 1.62. The highest BCUT2D eigenvalue weighted by molar-refractivity contribution is 8.00. The predicted molar refractivity (Wildman–Crippen MR) is 151 cm³/mol. The standard InChI is InChI=1S/C29H34N4O5S/c1-6-13-30-23(34)15-32-24(35)16-39-26(18-7-12-21-22(14-18)38-17-37-21)25-27(29(2,3)4)31-33(28(25)32)19-8-10-20(36-5)11-9-19/h7-12,14,26H,6,13,15-17H2,1-5H3,(H,30,34)/t26-/m0/s1. The molecule has 2 aliphatic heterocycles. The number of aromatic nitrogens is 2. The van der Waals surface area contributed by atoms with Crippen LogP contribution in [0, 0.1) is 0 Å². The van der Waals surface area contributed by atoms with E-state index in [0.717, 1.165) is 28.9 Å². The lowest BCUT2D eigenvalue weighted by Crippen LogP contribution is -2.42. The molecule has 3 heterocycles. The summed E-state index contributed by atoms with van der Waals surface area (Å²) in [4.78, 5) is 28.3. The number of hydrogen-bond donors (Lipinski definition) is 1. The van der Waals surface area contributed by atoms with Crippen molar-refractivity contribution in [2.75, 3.05) is 37.6 Å². The first kappa shape index (κ1) is 26.9. The molecular formula is C29H34N4O5S. The number of hydrogen-bond acceptors (Lipinski definition) is 7. The number of thioether (sulfide) groups is 1. The Hall–Kier alpha value is -3.66. The molecule has 0 fully saturated rings. The van der Waals surface area contributed by atoms with Gasteiger partial charge >= 0.3 is 0 Å². The third-order valence-electron chi connectivity index (χ3n) is 6.69. The molecule has 5 rings (SSSR count). The summed E-state index contributed by atoms with van der Waals surface area (Å²) in [6, 6.07) is 13.4. The molecule has 9 nitrogen and oxygen atoms in total. The molecule has 0 aliphatic carbocycles. The fourth-order valence-electron chi connectivity index (χ4n) is 4.78. The second kappa shape index (κ2) is 10.8. The van der Waals surface area contributed by atoms with E-state index in [1.54, 1.807) is 16.7 Å². The zero-order valence-corrected chi connectivity index (χ0v) is 23.8. The highest BCUT2D eigenvalue weighted by atomic mass is 32.2. The normalized spacial score (nSPS) is 16.6. The van der Waals surface area contributed by atoms with Gasteiger partial charge in [-0.2, -0.15) is 5.10 Å². The van der Waals surface area contributed by atoms with E-state index >= 15 is 0 Å². The zero-order chi connectivity index (χ0) is 27.7. The lowest BCUT2D eigenvalue weighted by molar-refractivity contribution is -0.122. The summed E-state index contributed by atoms with van der Waals surface area (Å²) >= 11 is 1.53. The lowest BCUT2D eigenvalue weighted by atomic mass is 9.87. The van der Waals surface area contributed by atoms with Crippen LogP contribution in [0.4, 0.5) is 5.82 Å². The number of anilines is 1. The van der Waals surface area contributed by atoms with Crippen molar-refractivity contribution in [1.29, 1.82) is 0 Å². The molecule has 0 saturated carbocycles. The molecule has 2 aromatic carbocycles. The number of methoxy groups -OCH3 is 1. The summed E-state index contributed by atoms with van der Waals surface area (Å²) < 4.78 is 18.4. The van der Waals surface area contributed by atoms with E-state index in [9.17, 15) is 9.59 Å². The van der Waals surface area contributed by atoms with Crippen molar-refractivity contribution >= 4 is 29.4 Å². The summed E-state index contributed by atoms with van der Waals surface area (Å²) in [6.45, 7) is 8.97. The third kappa shape index (κ3) is 5.30. The van der Waals surface area contributed by atoms with Crippen LogP contribution in [-0.2, 0) is 15.0 Å². The Morgan fingerprint density at radius 1 is 1.15 bits per heavy atom. The topological polar surface area (TPSA) is 94.9 Å². The minimum absolute atomic E-state index is 0.0916. The van der Waals surface area contributed by atoms with Crippen molar-refractivity contribution in [3.63, 3.8) is 0 Å². The molecule has 1 N–H and O–H groups in total. The van der Waals surface area contributed by atoms with Crippen molar-refractivity contribution in [3.8, 4) is 22.9 Å². The lowest BCUT2D eigenvalue weighted by Gasteiger charge is -2.24. The van der Waals surface area contributed by atoms with Crippen molar-refractivity contribution in [1.82, 2.24) is 15.1 Å². The van der Waals surface area contributed by atoms with Gasteiger partial charge in [0.1, 0.15) is 18.1 Å². The molecule has 0 saturated heterocycles. The molecule has 3 aromatic rings. The molecule has 2 amide bonds. The van der Waals surface area contributed by atoms with Crippen LogP contribution in [0.5, 0.6) is 17.2 Å². The van der Waals surface area contributed by atoms with Crippen LogP contribution in [-0.4, -0.2) is 54.3 Å². The molecule has 0 unspecified atom stereocenters. The first-order valence-corrected chi connectivity index (χ1v) is 14.1. The quantitative estimate of drug-likeness (QED) is 0.459. The fraction of sp³-hybridized carbons (Fsp3) is 0.414. The van der Waals surface area contributed by atoms with Crippen LogP contribution in [0.3, 0.4) is 0 Å². The Bertz CT molecular complexity index is 1380. The molecule has 0 radical (unpaired) electrons. The zero-order valence-electron chi connectivity index (χ0n) is 22.9. The van der Waals surface area contributed by atoms with E-state index in [2.05, 4.69) is 26.1 Å². The first-order chi connectivity index (χ1) is 18.7. The largest absolute Gasteiger partial charge is 0.497 e. The summed E-state index contributed by atoms with van der Waals surface area (Å²) in [5.41, 5.74) is 3.18. The monoisotopic (exact) mass is 550 g/mol. The van der Waals surface area contributed by atoms with Crippen molar-refractivity contribution in [2.45, 2.75) is 44.8 Å². The first-order valence-electron chi connectivity index (χ1n) is 13.1. The van der Waals surface area contributed by atoms with Gasteiger partial charge in [-0.3, -0.25) is 14.5 Å².